The van der Waals surface area contributed by atoms with E-state index in [0.717, 1.165) is 6.54 Å². The lowest BCUT2D eigenvalue weighted by atomic mass is 9.97. The van der Waals surface area contributed by atoms with Crippen LogP contribution < -0.4 is 5.73 Å². The van der Waals surface area contributed by atoms with Crippen molar-refractivity contribution in [3.8, 4) is 0 Å². The molecule has 2 N–H and O–H groups in total. The molecule has 86 valence electrons. The molecule has 16 heavy (non-hydrogen) atoms. The summed E-state index contributed by atoms with van der Waals surface area (Å²) in [6, 6.07) is 0. The summed E-state index contributed by atoms with van der Waals surface area (Å²) in [5, 5.41) is 0.301. The number of halogens is 1. The molecular formula is C10H14ClN5. The minimum absolute atomic E-state index is 0.139. The van der Waals surface area contributed by atoms with Crippen molar-refractivity contribution in [1.29, 1.82) is 0 Å². The molecule has 2 aromatic heterocycles. The van der Waals surface area contributed by atoms with Crippen LogP contribution in [-0.4, -0.2) is 19.5 Å². The first-order valence-corrected chi connectivity index (χ1v) is 5.38. The molecule has 2 aromatic rings. The van der Waals surface area contributed by atoms with Crippen molar-refractivity contribution in [1.82, 2.24) is 19.5 Å². The number of imidazole rings is 1. The molecule has 0 amide bonds. The van der Waals surface area contributed by atoms with Crippen molar-refractivity contribution in [3.05, 3.63) is 11.5 Å². The molecule has 6 heteroatoms. The van der Waals surface area contributed by atoms with E-state index in [9.17, 15) is 0 Å². The molecule has 0 radical (unpaired) electrons. The topological polar surface area (TPSA) is 69.6 Å². The average Bonchev–Trinajstić information content (AvgIpc) is 2.46. The molecular weight excluding hydrogens is 226 g/mol. The highest BCUT2D eigenvalue weighted by Gasteiger charge is 2.16. The molecule has 0 atom stereocenters. The normalized spacial score (nSPS) is 12.2. The van der Waals surface area contributed by atoms with Gasteiger partial charge in [0.25, 0.3) is 0 Å². The van der Waals surface area contributed by atoms with Crippen LogP contribution in [0, 0.1) is 5.41 Å². The maximum Gasteiger partial charge on any atom is 0.223 e. The summed E-state index contributed by atoms with van der Waals surface area (Å²) in [4.78, 5) is 12.2. The molecule has 0 aliphatic rings. The zero-order valence-electron chi connectivity index (χ0n) is 9.53. The molecule has 2 rings (SSSR count). The summed E-state index contributed by atoms with van der Waals surface area (Å²) in [7, 11) is 0. The van der Waals surface area contributed by atoms with Crippen LogP contribution in [0.4, 0.5) is 5.95 Å². The summed E-state index contributed by atoms with van der Waals surface area (Å²) in [6.07, 6.45) is 1.72. The highest BCUT2D eigenvalue weighted by molar-refractivity contribution is 6.33. The van der Waals surface area contributed by atoms with Crippen molar-refractivity contribution < 1.29 is 0 Å². The number of nitrogens with zero attached hydrogens (tertiary/aromatic N) is 4. The van der Waals surface area contributed by atoms with Gasteiger partial charge in [0.2, 0.25) is 5.95 Å². The van der Waals surface area contributed by atoms with Gasteiger partial charge in [-0.15, -0.1) is 0 Å². The second-order valence-corrected chi connectivity index (χ2v) is 5.34. The van der Waals surface area contributed by atoms with Crippen LogP contribution in [0.3, 0.4) is 0 Å². The van der Waals surface area contributed by atoms with Gasteiger partial charge in [-0.25, -0.2) is 4.98 Å². The van der Waals surface area contributed by atoms with Gasteiger partial charge in [0.1, 0.15) is 5.52 Å². The number of fused-ring (bicyclic) bond motifs is 1. The second kappa shape index (κ2) is 3.59. The molecule has 0 fully saturated rings. The first-order valence-electron chi connectivity index (χ1n) is 5.01. The average molecular weight is 240 g/mol. The fourth-order valence-corrected chi connectivity index (χ4v) is 1.77. The van der Waals surface area contributed by atoms with E-state index in [4.69, 9.17) is 17.3 Å². The first-order chi connectivity index (χ1) is 7.37. The van der Waals surface area contributed by atoms with Gasteiger partial charge in [-0.3, -0.25) is 0 Å². The number of hydrogen-bond donors (Lipinski definition) is 1. The lowest BCUT2D eigenvalue weighted by molar-refractivity contribution is 0.347. The molecule has 0 saturated carbocycles. The monoisotopic (exact) mass is 239 g/mol. The minimum Gasteiger partial charge on any atom is -0.368 e. The Morgan fingerprint density at radius 3 is 2.69 bits per heavy atom. The minimum atomic E-state index is 0.139. The van der Waals surface area contributed by atoms with E-state index in [1.165, 1.54) is 0 Å². The smallest absolute Gasteiger partial charge is 0.223 e. The fourth-order valence-electron chi connectivity index (χ4n) is 1.55. The Labute approximate surface area is 98.7 Å². The van der Waals surface area contributed by atoms with Gasteiger partial charge in [-0.2, -0.15) is 9.97 Å². The standard InChI is InChI=1S/C10H14ClN5/c1-10(2,3)4-16-5-13-6-7(11)14-9(12)15-8(6)16/h5H,4H2,1-3H3,(H2,12,14,15). The lowest BCUT2D eigenvalue weighted by Crippen LogP contribution is -2.15. The third-order valence-corrected chi connectivity index (χ3v) is 2.35. The van der Waals surface area contributed by atoms with E-state index in [-0.39, 0.29) is 11.4 Å². The summed E-state index contributed by atoms with van der Waals surface area (Å²) in [5.74, 6) is 0.174. The van der Waals surface area contributed by atoms with Gasteiger partial charge in [-0.05, 0) is 5.41 Å². The molecule has 0 bridgehead atoms. The van der Waals surface area contributed by atoms with E-state index in [1.54, 1.807) is 6.33 Å². The number of rotatable bonds is 1. The molecule has 0 aromatic carbocycles. The Kier molecular flexibility index (Phi) is 2.50. The van der Waals surface area contributed by atoms with Crippen LogP contribution in [0.5, 0.6) is 0 Å². The number of nitrogen functional groups attached to an aromatic ring is 1. The van der Waals surface area contributed by atoms with Crippen molar-refractivity contribution in [2.45, 2.75) is 27.3 Å². The maximum absolute atomic E-state index is 5.94. The predicted octanol–water partition coefficient (Wildman–Crippen LogP) is 2.11. The van der Waals surface area contributed by atoms with E-state index in [0.29, 0.717) is 16.3 Å². The van der Waals surface area contributed by atoms with Crippen molar-refractivity contribution in [2.24, 2.45) is 5.41 Å². The van der Waals surface area contributed by atoms with Gasteiger partial charge in [0.05, 0.1) is 6.33 Å². The summed E-state index contributed by atoms with van der Waals surface area (Å²) in [5.41, 5.74) is 6.99. The Balaban J connectivity index is 2.56. The number of aromatic nitrogens is 4. The van der Waals surface area contributed by atoms with E-state index >= 15 is 0 Å². The predicted molar refractivity (Wildman–Crippen MR) is 64.2 cm³/mol. The van der Waals surface area contributed by atoms with Crippen molar-refractivity contribution >= 4 is 28.7 Å². The van der Waals surface area contributed by atoms with Gasteiger partial charge in [-0.1, -0.05) is 32.4 Å². The van der Waals surface area contributed by atoms with Crippen LogP contribution in [0.15, 0.2) is 6.33 Å². The zero-order valence-corrected chi connectivity index (χ0v) is 10.3. The quantitative estimate of drug-likeness (QED) is 0.774. The Morgan fingerprint density at radius 1 is 1.38 bits per heavy atom. The highest BCUT2D eigenvalue weighted by atomic mass is 35.5. The third kappa shape index (κ3) is 2.09. The Morgan fingerprint density at radius 2 is 2.06 bits per heavy atom. The molecule has 0 aliphatic heterocycles. The molecule has 0 aliphatic carbocycles. The Bertz CT molecular complexity index is 526. The summed E-state index contributed by atoms with van der Waals surface area (Å²) >= 11 is 5.94. The van der Waals surface area contributed by atoms with Crippen LogP contribution in [0.2, 0.25) is 5.15 Å². The van der Waals surface area contributed by atoms with E-state index < -0.39 is 0 Å². The molecule has 5 nitrogen and oxygen atoms in total. The third-order valence-electron chi connectivity index (χ3n) is 2.08. The van der Waals surface area contributed by atoms with Gasteiger partial charge >= 0.3 is 0 Å². The SMILES string of the molecule is CC(C)(C)Cn1cnc2c(Cl)nc(N)nc21. The van der Waals surface area contributed by atoms with Crippen LogP contribution >= 0.6 is 11.6 Å². The van der Waals surface area contributed by atoms with Gasteiger partial charge in [0, 0.05) is 6.54 Å². The number of anilines is 1. The van der Waals surface area contributed by atoms with E-state index in [1.807, 2.05) is 4.57 Å². The second-order valence-electron chi connectivity index (χ2n) is 4.98. The van der Waals surface area contributed by atoms with Gasteiger partial charge in [0.15, 0.2) is 10.8 Å². The van der Waals surface area contributed by atoms with Crippen LogP contribution in [0.25, 0.3) is 11.2 Å². The summed E-state index contributed by atoms with van der Waals surface area (Å²) in [6.45, 7) is 7.23. The van der Waals surface area contributed by atoms with E-state index in [2.05, 4.69) is 35.7 Å². The highest BCUT2D eigenvalue weighted by Crippen LogP contribution is 2.23. The fraction of sp³-hybridized carbons (Fsp3) is 0.500. The largest absolute Gasteiger partial charge is 0.368 e. The number of nitrogens with two attached hydrogens (primary N) is 1. The summed E-state index contributed by atoms with van der Waals surface area (Å²) < 4.78 is 1.94. The van der Waals surface area contributed by atoms with Gasteiger partial charge < -0.3 is 10.3 Å². The lowest BCUT2D eigenvalue weighted by Gasteiger charge is -2.18. The molecule has 0 saturated heterocycles. The molecule has 0 unspecified atom stereocenters. The van der Waals surface area contributed by atoms with Crippen LogP contribution in [-0.2, 0) is 6.54 Å². The molecule has 2 heterocycles. The van der Waals surface area contributed by atoms with Crippen molar-refractivity contribution in [2.75, 3.05) is 5.73 Å². The number of hydrogen-bond acceptors (Lipinski definition) is 4. The Hall–Kier alpha value is -1.36. The van der Waals surface area contributed by atoms with Crippen molar-refractivity contribution in [3.63, 3.8) is 0 Å². The molecule has 0 spiro atoms. The maximum atomic E-state index is 5.94. The van der Waals surface area contributed by atoms with Crippen LogP contribution in [0.1, 0.15) is 20.8 Å². The zero-order chi connectivity index (χ0) is 11.9. The first kappa shape index (κ1) is 11.1.